The van der Waals surface area contributed by atoms with Gasteiger partial charge in [0.1, 0.15) is 17.6 Å². The number of rotatable bonds is 8. The van der Waals surface area contributed by atoms with Crippen molar-refractivity contribution < 1.29 is 18.7 Å². The lowest BCUT2D eigenvalue weighted by Gasteiger charge is -2.31. The van der Waals surface area contributed by atoms with Gasteiger partial charge >= 0.3 is 0 Å². The summed E-state index contributed by atoms with van der Waals surface area (Å²) in [7, 11) is 1.51. The number of benzene rings is 3. The smallest absolute Gasteiger partial charge is 0.261 e. The van der Waals surface area contributed by atoms with Crippen LogP contribution in [0.15, 0.2) is 78.9 Å². The molecule has 0 unspecified atom stereocenters. The summed E-state index contributed by atoms with van der Waals surface area (Å²) in [5.74, 6) is -0.772. The molecule has 0 spiro atoms. The Balaban J connectivity index is 1.92. The highest BCUT2D eigenvalue weighted by atomic mass is 35.5. The fourth-order valence-electron chi connectivity index (χ4n) is 3.14. The van der Waals surface area contributed by atoms with Crippen LogP contribution in [0.4, 0.5) is 4.39 Å². The van der Waals surface area contributed by atoms with Crippen LogP contribution in [0.25, 0.3) is 0 Å². The molecular formula is C24H22ClFN2O3. The van der Waals surface area contributed by atoms with Crippen LogP contribution in [0.1, 0.15) is 17.2 Å². The number of ether oxygens (including phenoxy) is 1. The molecule has 0 saturated heterocycles. The van der Waals surface area contributed by atoms with Gasteiger partial charge in [0.15, 0.2) is 6.61 Å². The summed E-state index contributed by atoms with van der Waals surface area (Å²) in [6.07, 6.45) is 0. The van der Waals surface area contributed by atoms with Gasteiger partial charge in [-0.3, -0.25) is 9.59 Å². The molecule has 0 radical (unpaired) electrons. The van der Waals surface area contributed by atoms with E-state index in [-0.39, 0.29) is 24.9 Å². The molecule has 1 N–H and O–H groups in total. The van der Waals surface area contributed by atoms with Gasteiger partial charge in [-0.1, -0.05) is 66.2 Å². The summed E-state index contributed by atoms with van der Waals surface area (Å²) in [6.45, 7) is -0.219. The zero-order valence-electron chi connectivity index (χ0n) is 16.9. The van der Waals surface area contributed by atoms with Crippen LogP contribution >= 0.6 is 11.6 Å². The van der Waals surface area contributed by atoms with E-state index in [0.29, 0.717) is 21.9 Å². The Morgan fingerprint density at radius 3 is 2.29 bits per heavy atom. The molecule has 0 aromatic heterocycles. The van der Waals surface area contributed by atoms with Gasteiger partial charge in [0, 0.05) is 13.6 Å². The van der Waals surface area contributed by atoms with E-state index >= 15 is 0 Å². The maximum absolute atomic E-state index is 13.4. The van der Waals surface area contributed by atoms with E-state index in [1.807, 2.05) is 6.07 Å². The van der Waals surface area contributed by atoms with E-state index in [2.05, 4.69) is 5.32 Å². The molecule has 7 heteroatoms. The number of carbonyl (C=O) groups is 2. The number of amides is 2. The van der Waals surface area contributed by atoms with Gasteiger partial charge in [-0.2, -0.15) is 0 Å². The molecule has 31 heavy (non-hydrogen) atoms. The maximum Gasteiger partial charge on any atom is 0.261 e. The number of para-hydroxylation sites is 1. The predicted octanol–water partition coefficient (Wildman–Crippen LogP) is 4.37. The molecule has 160 valence electrons. The monoisotopic (exact) mass is 440 g/mol. The molecule has 5 nitrogen and oxygen atoms in total. The molecule has 0 fully saturated rings. The molecule has 0 bridgehead atoms. The van der Waals surface area contributed by atoms with Crippen LogP contribution in [0, 0.1) is 5.82 Å². The molecular weight excluding hydrogens is 419 g/mol. The largest absolute Gasteiger partial charge is 0.482 e. The van der Waals surface area contributed by atoms with Gasteiger partial charge in [0.05, 0.1) is 5.02 Å². The van der Waals surface area contributed by atoms with Crippen molar-refractivity contribution in [3.8, 4) is 5.75 Å². The molecule has 3 rings (SSSR count). The molecule has 0 heterocycles. The average molecular weight is 441 g/mol. The zero-order valence-corrected chi connectivity index (χ0v) is 17.7. The highest BCUT2D eigenvalue weighted by molar-refractivity contribution is 6.32. The maximum atomic E-state index is 13.4. The minimum Gasteiger partial charge on any atom is -0.482 e. The van der Waals surface area contributed by atoms with Crippen molar-refractivity contribution >= 4 is 23.4 Å². The number of hydrogen-bond acceptors (Lipinski definition) is 3. The SMILES string of the molecule is CNC(=O)[C@@H](c1ccccc1)N(Cc1ccc(F)cc1)C(=O)COc1ccccc1Cl. The number of hydrogen-bond donors (Lipinski definition) is 1. The second kappa shape index (κ2) is 10.6. The standard InChI is InChI=1S/C24H22ClFN2O3/c1-27-24(30)23(18-7-3-2-4-8-18)28(15-17-11-13-19(26)14-12-17)22(29)16-31-21-10-6-5-9-20(21)25/h2-14,23H,15-16H2,1H3,(H,27,30)/t23-/m1/s1. The zero-order chi connectivity index (χ0) is 22.2. The molecule has 0 aliphatic carbocycles. The number of nitrogens with zero attached hydrogens (tertiary/aromatic N) is 1. The van der Waals surface area contributed by atoms with Crippen LogP contribution in [-0.4, -0.2) is 30.4 Å². The van der Waals surface area contributed by atoms with Crippen LogP contribution in [0.5, 0.6) is 5.75 Å². The third kappa shape index (κ3) is 5.83. The minimum atomic E-state index is -0.890. The second-order valence-corrected chi connectivity index (χ2v) is 7.20. The Labute approximate surface area is 185 Å². The van der Waals surface area contributed by atoms with Gasteiger partial charge in [-0.15, -0.1) is 0 Å². The molecule has 3 aromatic rings. The summed E-state index contributed by atoms with van der Waals surface area (Å²) in [6, 6.07) is 20.7. The topological polar surface area (TPSA) is 58.6 Å². The van der Waals surface area contributed by atoms with Crippen molar-refractivity contribution in [2.45, 2.75) is 12.6 Å². The van der Waals surface area contributed by atoms with E-state index in [1.165, 1.54) is 24.1 Å². The summed E-state index contributed by atoms with van der Waals surface area (Å²) < 4.78 is 19.0. The highest BCUT2D eigenvalue weighted by Crippen LogP contribution is 2.26. The Hall–Kier alpha value is -3.38. The minimum absolute atomic E-state index is 0.0952. The van der Waals surface area contributed by atoms with Crippen LogP contribution < -0.4 is 10.1 Å². The van der Waals surface area contributed by atoms with Crippen LogP contribution in [0.2, 0.25) is 5.02 Å². The summed E-state index contributed by atoms with van der Waals surface area (Å²) in [5.41, 5.74) is 1.33. The van der Waals surface area contributed by atoms with E-state index < -0.39 is 11.9 Å². The van der Waals surface area contributed by atoms with Crippen molar-refractivity contribution in [1.29, 1.82) is 0 Å². The van der Waals surface area contributed by atoms with E-state index in [4.69, 9.17) is 16.3 Å². The molecule has 0 aliphatic heterocycles. The molecule has 0 saturated carbocycles. The lowest BCUT2D eigenvalue weighted by molar-refractivity contribution is -0.143. The van der Waals surface area contributed by atoms with E-state index in [9.17, 15) is 14.0 Å². The van der Waals surface area contributed by atoms with Gasteiger partial charge in [-0.25, -0.2) is 4.39 Å². The van der Waals surface area contributed by atoms with Crippen molar-refractivity contribution in [2.24, 2.45) is 0 Å². The molecule has 3 aromatic carbocycles. The van der Waals surface area contributed by atoms with Crippen LogP contribution in [-0.2, 0) is 16.1 Å². The van der Waals surface area contributed by atoms with Crippen molar-refractivity contribution in [1.82, 2.24) is 10.2 Å². The molecule has 2 amide bonds. The lowest BCUT2D eigenvalue weighted by atomic mass is 10.0. The number of likely N-dealkylation sites (N-methyl/N-ethyl adjacent to an activating group) is 1. The van der Waals surface area contributed by atoms with Gasteiger partial charge in [0.25, 0.3) is 5.91 Å². The van der Waals surface area contributed by atoms with Crippen molar-refractivity contribution in [2.75, 3.05) is 13.7 Å². The number of halogens is 2. The third-order valence-electron chi connectivity index (χ3n) is 4.70. The first kappa shape index (κ1) is 22.3. The van der Waals surface area contributed by atoms with Gasteiger partial charge < -0.3 is 15.0 Å². The summed E-state index contributed by atoms with van der Waals surface area (Å²) in [4.78, 5) is 27.5. The predicted molar refractivity (Wildman–Crippen MR) is 117 cm³/mol. The normalized spacial score (nSPS) is 11.5. The third-order valence-corrected chi connectivity index (χ3v) is 5.01. The van der Waals surface area contributed by atoms with E-state index in [1.54, 1.807) is 60.7 Å². The van der Waals surface area contributed by atoms with Gasteiger partial charge in [0.2, 0.25) is 5.91 Å². The highest BCUT2D eigenvalue weighted by Gasteiger charge is 2.31. The second-order valence-electron chi connectivity index (χ2n) is 6.79. The Bertz CT molecular complexity index is 1030. The van der Waals surface area contributed by atoms with Crippen molar-refractivity contribution in [3.05, 3.63) is 101 Å². The molecule has 1 atom stereocenters. The fourth-order valence-corrected chi connectivity index (χ4v) is 3.33. The first-order valence-electron chi connectivity index (χ1n) is 9.67. The number of carbonyl (C=O) groups excluding carboxylic acids is 2. The Kier molecular flexibility index (Phi) is 7.62. The van der Waals surface area contributed by atoms with Gasteiger partial charge in [-0.05, 0) is 35.4 Å². The van der Waals surface area contributed by atoms with Crippen LogP contribution in [0.3, 0.4) is 0 Å². The number of nitrogens with one attached hydrogen (secondary N) is 1. The Morgan fingerprint density at radius 2 is 1.65 bits per heavy atom. The first-order chi connectivity index (χ1) is 15.0. The quantitative estimate of drug-likeness (QED) is 0.565. The molecule has 0 aliphatic rings. The summed E-state index contributed by atoms with van der Waals surface area (Å²) in [5, 5.41) is 3.00. The fraction of sp³-hybridized carbons (Fsp3) is 0.167. The average Bonchev–Trinajstić information content (AvgIpc) is 2.79. The van der Waals surface area contributed by atoms with E-state index in [0.717, 1.165) is 0 Å². The van der Waals surface area contributed by atoms with Crippen molar-refractivity contribution in [3.63, 3.8) is 0 Å². The summed E-state index contributed by atoms with van der Waals surface area (Å²) >= 11 is 6.11. The lowest BCUT2D eigenvalue weighted by Crippen LogP contribution is -2.44. The Morgan fingerprint density at radius 1 is 1.00 bits per heavy atom. The first-order valence-corrected chi connectivity index (χ1v) is 10.0.